The third-order valence-electron chi connectivity index (χ3n) is 6.43. The average Bonchev–Trinajstić information content (AvgIpc) is 3.27. The molecule has 2 amide bonds. The summed E-state index contributed by atoms with van der Waals surface area (Å²) in [6.07, 6.45) is 3.77. The highest BCUT2D eigenvalue weighted by Gasteiger charge is 2.30. The van der Waals surface area contributed by atoms with Crippen LogP contribution in [-0.4, -0.2) is 41.3 Å². The lowest BCUT2D eigenvalue weighted by molar-refractivity contribution is -0.126. The minimum absolute atomic E-state index is 0.00283. The van der Waals surface area contributed by atoms with Gasteiger partial charge in [0.1, 0.15) is 5.52 Å². The van der Waals surface area contributed by atoms with Crippen molar-refractivity contribution in [2.45, 2.75) is 39.5 Å². The molecule has 0 aliphatic carbocycles. The van der Waals surface area contributed by atoms with Gasteiger partial charge in [-0.2, -0.15) is 0 Å². The van der Waals surface area contributed by atoms with Crippen LogP contribution in [0.1, 0.15) is 49.9 Å². The predicted molar refractivity (Wildman–Crippen MR) is 125 cm³/mol. The number of rotatable bonds is 7. The van der Waals surface area contributed by atoms with Crippen molar-refractivity contribution in [3.63, 3.8) is 0 Å². The first kappa shape index (κ1) is 22.1. The van der Waals surface area contributed by atoms with Crippen molar-refractivity contribution in [1.29, 1.82) is 0 Å². The summed E-state index contributed by atoms with van der Waals surface area (Å²) in [5.41, 5.74) is 2.87. The molecule has 1 saturated heterocycles. The van der Waals surface area contributed by atoms with E-state index in [1.807, 2.05) is 54.3 Å². The summed E-state index contributed by atoms with van der Waals surface area (Å²) < 4.78 is 5.92. The maximum atomic E-state index is 13.1. The van der Waals surface area contributed by atoms with E-state index in [0.29, 0.717) is 36.0 Å². The molecule has 168 valence electrons. The molecule has 2 heterocycles. The van der Waals surface area contributed by atoms with Crippen LogP contribution in [0.3, 0.4) is 0 Å². The quantitative estimate of drug-likeness (QED) is 0.538. The Morgan fingerprint density at radius 1 is 1.16 bits per heavy atom. The lowest BCUT2D eigenvalue weighted by Gasteiger charge is -2.34. The van der Waals surface area contributed by atoms with Gasteiger partial charge >= 0.3 is 0 Å². The third kappa shape index (κ3) is 4.85. The van der Waals surface area contributed by atoms with Crippen LogP contribution in [0.15, 0.2) is 52.9 Å². The summed E-state index contributed by atoms with van der Waals surface area (Å²) in [6, 6.07) is 15.2. The Bertz CT molecular complexity index is 1070. The topological polar surface area (TPSA) is 75.4 Å². The Morgan fingerprint density at radius 2 is 1.91 bits per heavy atom. The van der Waals surface area contributed by atoms with Gasteiger partial charge in [0.2, 0.25) is 11.8 Å². The number of carbonyl (C=O) groups excluding carboxylic acids is 2. The molecule has 1 atom stereocenters. The number of oxazole rings is 1. The molecule has 4 rings (SSSR count). The minimum atomic E-state index is -0.0222. The molecule has 32 heavy (non-hydrogen) atoms. The molecule has 1 aliphatic heterocycles. The summed E-state index contributed by atoms with van der Waals surface area (Å²) >= 11 is 0. The molecule has 6 heteroatoms. The van der Waals surface area contributed by atoms with E-state index < -0.39 is 0 Å². The number of amides is 2. The fraction of sp³-hybridized carbons (Fsp3) is 0.423. The number of hydrogen-bond donors (Lipinski definition) is 1. The van der Waals surface area contributed by atoms with E-state index in [-0.39, 0.29) is 17.7 Å². The summed E-state index contributed by atoms with van der Waals surface area (Å²) in [5, 5.41) is 3.04. The molecule has 3 aromatic rings. The number of piperidine rings is 1. The summed E-state index contributed by atoms with van der Waals surface area (Å²) in [5.74, 6) is 0.977. The molecule has 1 aliphatic rings. The second kappa shape index (κ2) is 9.98. The van der Waals surface area contributed by atoms with Crippen molar-refractivity contribution in [3.8, 4) is 11.5 Å². The highest BCUT2D eigenvalue weighted by atomic mass is 16.3. The number of benzene rings is 2. The Balaban J connectivity index is 1.38. The van der Waals surface area contributed by atoms with Crippen molar-refractivity contribution >= 4 is 22.9 Å². The van der Waals surface area contributed by atoms with Gasteiger partial charge in [-0.05, 0) is 55.5 Å². The smallest absolute Gasteiger partial charge is 0.253 e. The zero-order valence-electron chi connectivity index (χ0n) is 18.8. The summed E-state index contributed by atoms with van der Waals surface area (Å²) in [4.78, 5) is 31.9. The van der Waals surface area contributed by atoms with Gasteiger partial charge in [0.15, 0.2) is 5.58 Å². The van der Waals surface area contributed by atoms with E-state index in [1.165, 1.54) is 0 Å². The van der Waals surface area contributed by atoms with Gasteiger partial charge in [-0.1, -0.05) is 38.5 Å². The first-order chi connectivity index (χ1) is 15.6. The first-order valence-corrected chi connectivity index (χ1v) is 11.6. The molecule has 0 radical (unpaired) electrons. The monoisotopic (exact) mass is 433 g/mol. The molecule has 1 aromatic heterocycles. The van der Waals surface area contributed by atoms with Crippen LogP contribution in [0, 0.1) is 11.8 Å². The standard InChI is InChI=1S/C26H31N3O3/c1-3-4-14-27-24(30)18(2)19-12-15-29(16-13-19)26(31)21-10-11-22-23(17-21)32-25(28-22)20-8-6-5-7-9-20/h5-11,17-19H,3-4,12-16H2,1-2H3,(H,27,30)/t18-/m0/s1. The largest absolute Gasteiger partial charge is 0.436 e. The fourth-order valence-electron chi connectivity index (χ4n) is 4.31. The molecule has 6 nitrogen and oxygen atoms in total. The van der Waals surface area contributed by atoms with Crippen LogP contribution in [-0.2, 0) is 4.79 Å². The number of fused-ring (bicyclic) bond motifs is 1. The average molecular weight is 434 g/mol. The molecule has 1 fully saturated rings. The number of aromatic nitrogens is 1. The number of nitrogens with zero attached hydrogens (tertiary/aromatic N) is 2. The van der Waals surface area contributed by atoms with E-state index in [4.69, 9.17) is 4.42 Å². The van der Waals surface area contributed by atoms with Crippen molar-refractivity contribution < 1.29 is 14.0 Å². The van der Waals surface area contributed by atoms with Crippen molar-refractivity contribution in [3.05, 3.63) is 54.1 Å². The Labute approximate surface area is 189 Å². The molecule has 0 saturated carbocycles. The maximum Gasteiger partial charge on any atom is 0.253 e. The molecular formula is C26H31N3O3. The molecule has 2 aromatic carbocycles. The lowest BCUT2D eigenvalue weighted by Crippen LogP contribution is -2.42. The van der Waals surface area contributed by atoms with Gasteiger partial charge in [0, 0.05) is 36.7 Å². The van der Waals surface area contributed by atoms with Gasteiger partial charge < -0.3 is 14.6 Å². The predicted octanol–water partition coefficient (Wildman–Crippen LogP) is 4.90. The van der Waals surface area contributed by atoms with Crippen molar-refractivity contribution in [2.75, 3.05) is 19.6 Å². The second-order valence-electron chi connectivity index (χ2n) is 8.63. The number of unbranched alkanes of at least 4 members (excludes halogenated alkanes) is 1. The van der Waals surface area contributed by atoms with Crippen LogP contribution in [0.2, 0.25) is 0 Å². The van der Waals surface area contributed by atoms with Crippen LogP contribution in [0.5, 0.6) is 0 Å². The fourth-order valence-corrected chi connectivity index (χ4v) is 4.31. The van der Waals surface area contributed by atoms with E-state index >= 15 is 0 Å². The van der Waals surface area contributed by atoms with Gasteiger partial charge in [-0.15, -0.1) is 0 Å². The number of likely N-dealkylation sites (tertiary alicyclic amines) is 1. The van der Waals surface area contributed by atoms with Crippen LogP contribution < -0.4 is 5.32 Å². The maximum absolute atomic E-state index is 13.1. The highest BCUT2D eigenvalue weighted by molar-refractivity contribution is 5.97. The third-order valence-corrected chi connectivity index (χ3v) is 6.43. The van der Waals surface area contributed by atoms with E-state index in [2.05, 4.69) is 17.2 Å². The number of hydrogen-bond acceptors (Lipinski definition) is 4. The Kier molecular flexibility index (Phi) is 6.88. The zero-order valence-corrected chi connectivity index (χ0v) is 18.8. The SMILES string of the molecule is CCCCNC(=O)[C@@H](C)C1CCN(C(=O)c2ccc3nc(-c4ccccc4)oc3c2)CC1. The molecule has 0 spiro atoms. The normalized spacial score (nSPS) is 15.6. The van der Waals surface area contributed by atoms with Gasteiger partial charge in [0.25, 0.3) is 5.91 Å². The van der Waals surface area contributed by atoms with Gasteiger partial charge in [0.05, 0.1) is 0 Å². The zero-order chi connectivity index (χ0) is 22.5. The molecule has 1 N–H and O–H groups in total. The van der Waals surface area contributed by atoms with Crippen LogP contribution in [0.4, 0.5) is 0 Å². The Morgan fingerprint density at radius 3 is 2.62 bits per heavy atom. The molecule has 0 bridgehead atoms. The Hall–Kier alpha value is -3.15. The number of nitrogens with one attached hydrogen (secondary N) is 1. The van der Waals surface area contributed by atoms with Crippen molar-refractivity contribution in [2.24, 2.45) is 11.8 Å². The van der Waals surface area contributed by atoms with E-state index in [0.717, 1.165) is 43.3 Å². The van der Waals surface area contributed by atoms with Crippen LogP contribution >= 0.6 is 0 Å². The summed E-state index contributed by atoms with van der Waals surface area (Å²) in [7, 11) is 0. The van der Waals surface area contributed by atoms with E-state index in [1.54, 1.807) is 6.07 Å². The number of carbonyl (C=O) groups is 2. The highest BCUT2D eigenvalue weighted by Crippen LogP contribution is 2.28. The molecular weight excluding hydrogens is 402 g/mol. The minimum Gasteiger partial charge on any atom is -0.436 e. The van der Waals surface area contributed by atoms with Gasteiger partial charge in [-0.3, -0.25) is 9.59 Å². The van der Waals surface area contributed by atoms with Crippen molar-refractivity contribution in [1.82, 2.24) is 15.2 Å². The van der Waals surface area contributed by atoms with E-state index in [9.17, 15) is 9.59 Å². The first-order valence-electron chi connectivity index (χ1n) is 11.6. The lowest BCUT2D eigenvalue weighted by atomic mass is 9.84. The summed E-state index contributed by atoms with van der Waals surface area (Å²) in [6.45, 7) is 6.20. The second-order valence-corrected chi connectivity index (χ2v) is 8.63. The van der Waals surface area contributed by atoms with Crippen LogP contribution in [0.25, 0.3) is 22.6 Å². The van der Waals surface area contributed by atoms with Gasteiger partial charge in [-0.25, -0.2) is 4.98 Å². The molecule has 0 unspecified atom stereocenters.